The molecular weight excluding hydrogens is 210 g/mol. The van der Waals surface area contributed by atoms with Crippen molar-refractivity contribution in [3.05, 3.63) is 23.5 Å². The smallest absolute Gasteiger partial charge is 0.0807 e. The average Bonchev–Trinajstić information content (AvgIpc) is 2.66. The Kier molecular flexibility index (Phi) is 4.66. The molecule has 0 spiro atoms. The van der Waals surface area contributed by atoms with Gasteiger partial charge in [-0.25, -0.2) is 0 Å². The zero-order valence-corrected chi connectivity index (χ0v) is 11.0. The Morgan fingerprint density at radius 3 is 2.94 bits per heavy atom. The summed E-state index contributed by atoms with van der Waals surface area (Å²) in [5, 5.41) is 10.1. The van der Waals surface area contributed by atoms with E-state index >= 15 is 0 Å². The molecule has 0 saturated heterocycles. The summed E-state index contributed by atoms with van der Waals surface area (Å²) in [6, 6.07) is 0. The van der Waals surface area contributed by atoms with Crippen LogP contribution in [0.2, 0.25) is 0 Å². The maximum absolute atomic E-state index is 10.1. The molecule has 1 aromatic heterocycles. The highest BCUT2D eigenvalue weighted by molar-refractivity contribution is 5.27. The highest BCUT2D eigenvalue weighted by atomic mass is 16.3. The van der Waals surface area contributed by atoms with Crippen molar-refractivity contribution in [1.29, 1.82) is 0 Å². The van der Waals surface area contributed by atoms with Crippen molar-refractivity contribution in [3.63, 3.8) is 0 Å². The van der Waals surface area contributed by atoms with E-state index in [2.05, 4.69) is 23.9 Å². The first kappa shape index (κ1) is 12.7. The van der Waals surface area contributed by atoms with E-state index in [0.717, 1.165) is 25.8 Å². The van der Waals surface area contributed by atoms with Crippen molar-refractivity contribution in [3.8, 4) is 0 Å². The number of hydrogen-bond acceptors (Lipinski definition) is 1. The molecule has 1 N–H and O–H groups in total. The van der Waals surface area contributed by atoms with Gasteiger partial charge in [0, 0.05) is 24.5 Å². The molecule has 1 aliphatic rings. The lowest BCUT2D eigenvalue weighted by Gasteiger charge is -2.06. The minimum Gasteiger partial charge on any atom is -0.388 e. The topological polar surface area (TPSA) is 25.2 Å². The van der Waals surface area contributed by atoms with Crippen molar-refractivity contribution in [1.82, 2.24) is 4.57 Å². The van der Waals surface area contributed by atoms with Crippen LogP contribution in [0.4, 0.5) is 0 Å². The molecule has 0 radical (unpaired) electrons. The summed E-state index contributed by atoms with van der Waals surface area (Å²) in [6.45, 7) is 3.36. The summed E-state index contributed by atoms with van der Waals surface area (Å²) < 4.78 is 2.29. The molecule has 2 nitrogen and oxygen atoms in total. The van der Waals surface area contributed by atoms with Gasteiger partial charge in [-0.3, -0.25) is 0 Å². The quantitative estimate of drug-likeness (QED) is 0.609. The van der Waals surface area contributed by atoms with Crippen molar-refractivity contribution in [2.45, 2.75) is 70.9 Å². The number of aliphatic hydroxyl groups is 1. The molecule has 1 aromatic rings. The standard InChI is InChI=1S/C15H25NO/c1-2-3-4-7-10-16-11-13-8-5-6-9-15(17)14(13)12-16/h11-12,15,17H,2-10H2,1H3. The second kappa shape index (κ2) is 6.25. The normalized spacial score (nSPS) is 20.0. The molecule has 1 aliphatic carbocycles. The van der Waals surface area contributed by atoms with Crippen LogP contribution in [-0.4, -0.2) is 9.67 Å². The summed E-state index contributed by atoms with van der Waals surface area (Å²) in [5.74, 6) is 0. The zero-order valence-electron chi connectivity index (χ0n) is 11.0. The number of rotatable bonds is 5. The Bertz CT molecular complexity index is 343. The monoisotopic (exact) mass is 235 g/mol. The SMILES string of the molecule is CCCCCCn1cc2c(c1)C(O)CCCC2. The fourth-order valence-corrected chi connectivity index (χ4v) is 2.74. The summed E-state index contributed by atoms with van der Waals surface area (Å²) in [6.07, 6.45) is 13.9. The third-order valence-electron chi connectivity index (χ3n) is 3.80. The molecule has 17 heavy (non-hydrogen) atoms. The molecular formula is C15H25NO. The van der Waals surface area contributed by atoms with Crippen molar-refractivity contribution in [2.24, 2.45) is 0 Å². The second-order valence-electron chi connectivity index (χ2n) is 5.30. The summed E-state index contributed by atoms with van der Waals surface area (Å²) >= 11 is 0. The van der Waals surface area contributed by atoms with Crippen molar-refractivity contribution >= 4 is 0 Å². The van der Waals surface area contributed by atoms with Crippen LogP contribution in [0.1, 0.15) is 69.1 Å². The molecule has 1 heterocycles. The van der Waals surface area contributed by atoms with E-state index in [9.17, 15) is 5.11 Å². The van der Waals surface area contributed by atoms with Gasteiger partial charge in [-0.1, -0.05) is 32.6 Å². The van der Waals surface area contributed by atoms with Gasteiger partial charge in [0.25, 0.3) is 0 Å². The lowest BCUT2D eigenvalue weighted by Crippen LogP contribution is -1.97. The largest absolute Gasteiger partial charge is 0.388 e. The van der Waals surface area contributed by atoms with Crippen LogP contribution in [0.25, 0.3) is 0 Å². The van der Waals surface area contributed by atoms with Gasteiger partial charge in [0.2, 0.25) is 0 Å². The molecule has 0 aliphatic heterocycles. The number of aryl methyl sites for hydroxylation is 2. The van der Waals surface area contributed by atoms with E-state index in [1.165, 1.54) is 43.2 Å². The number of unbranched alkanes of at least 4 members (excludes halogenated alkanes) is 3. The number of hydrogen-bond donors (Lipinski definition) is 1. The van der Waals surface area contributed by atoms with Gasteiger partial charge < -0.3 is 9.67 Å². The number of aromatic nitrogens is 1. The van der Waals surface area contributed by atoms with Crippen LogP contribution >= 0.6 is 0 Å². The van der Waals surface area contributed by atoms with E-state index in [-0.39, 0.29) is 6.10 Å². The Morgan fingerprint density at radius 1 is 1.24 bits per heavy atom. The highest BCUT2D eigenvalue weighted by Crippen LogP contribution is 2.29. The summed E-state index contributed by atoms with van der Waals surface area (Å²) in [5.41, 5.74) is 2.57. The molecule has 0 amide bonds. The van der Waals surface area contributed by atoms with Gasteiger partial charge >= 0.3 is 0 Å². The molecule has 1 atom stereocenters. The van der Waals surface area contributed by atoms with Gasteiger partial charge in [0.1, 0.15) is 0 Å². The van der Waals surface area contributed by atoms with Crippen LogP contribution < -0.4 is 0 Å². The summed E-state index contributed by atoms with van der Waals surface area (Å²) in [4.78, 5) is 0. The van der Waals surface area contributed by atoms with E-state index in [1.807, 2.05) is 0 Å². The Labute approximate surface area is 105 Å². The molecule has 0 bridgehead atoms. The fourth-order valence-electron chi connectivity index (χ4n) is 2.74. The van der Waals surface area contributed by atoms with Gasteiger partial charge in [-0.2, -0.15) is 0 Å². The molecule has 1 unspecified atom stereocenters. The maximum Gasteiger partial charge on any atom is 0.0807 e. The maximum atomic E-state index is 10.1. The number of nitrogens with zero attached hydrogens (tertiary/aromatic N) is 1. The predicted octanol–water partition coefficient (Wildman–Crippen LogP) is 3.83. The molecule has 0 fully saturated rings. The minimum absolute atomic E-state index is 0.218. The van der Waals surface area contributed by atoms with Gasteiger partial charge in [0.05, 0.1) is 6.10 Å². The lowest BCUT2D eigenvalue weighted by atomic mass is 10.1. The predicted molar refractivity (Wildman–Crippen MR) is 71.1 cm³/mol. The second-order valence-corrected chi connectivity index (χ2v) is 5.30. The molecule has 2 heteroatoms. The molecule has 0 aromatic carbocycles. The van der Waals surface area contributed by atoms with Crippen LogP contribution in [0.15, 0.2) is 12.4 Å². The lowest BCUT2D eigenvalue weighted by molar-refractivity contribution is 0.166. The van der Waals surface area contributed by atoms with E-state index in [1.54, 1.807) is 0 Å². The summed E-state index contributed by atoms with van der Waals surface area (Å²) in [7, 11) is 0. The molecule has 2 rings (SSSR count). The third-order valence-corrected chi connectivity index (χ3v) is 3.80. The third kappa shape index (κ3) is 3.35. The fraction of sp³-hybridized carbons (Fsp3) is 0.733. The highest BCUT2D eigenvalue weighted by Gasteiger charge is 2.17. The number of fused-ring (bicyclic) bond motifs is 1. The van der Waals surface area contributed by atoms with E-state index < -0.39 is 0 Å². The van der Waals surface area contributed by atoms with E-state index in [0.29, 0.717) is 0 Å². The van der Waals surface area contributed by atoms with Crippen LogP contribution in [0, 0.1) is 0 Å². The Morgan fingerprint density at radius 2 is 2.12 bits per heavy atom. The first-order valence-electron chi connectivity index (χ1n) is 7.18. The first-order valence-corrected chi connectivity index (χ1v) is 7.18. The number of aliphatic hydroxyl groups excluding tert-OH is 1. The van der Waals surface area contributed by atoms with Gasteiger partial charge in [0.15, 0.2) is 0 Å². The van der Waals surface area contributed by atoms with Gasteiger partial charge in [-0.05, 0) is 31.2 Å². The van der Waals surface area contributed by atoms with Gasteiger partial charge in [-0.15, -0.1) is 0 Å². The Hall–Kier alpha value is -0.760. The Balaban J connectivity index is 1.94. The van der Waals surface area contributed by atoms with Crippen molar-refractivity contribution in [2.75, 3.05) is 0 Å². The van der Waals surface area contributed by atoms with Crippen LogP contribution in [0.3, 0.4) is 0 Å². The minimum atomic E-state index is -0.218. The van der Waals surface area contributed by atoms with Crippen molar-refractivity contribution < 1.29 is 5.11 Å². The van der Waals surface area contributed by atoms with E-state index in [4.69, 9.17) is 0 Å². The first-order chi connectivity index (χ1) is 8.31. The van der Waals surface area contributed by atoms with Crippen LogP contribution in [-0.2, 0) is 13.0 Å². The zero-order chi connectivity index (χ0) is 12.1. The average molecular weight is 235 g/mol. The van der Waals surface area contributed by atoms with Crippen LogP contribution in [0.5, 0.6) is 0 Å². The molecule has 0 saturated carbocycles. The molecule has 96 valence electrons.